The van der Waals surface area contributed by atoms with Gasteiger partial charge in [0.15, 0.2) is 0 Å². The van der Waals surface area contributed by atoms with Gasteiger partial charge in [0, 0.05) is 38.9 Å². The molecule has 1 aromatic heterocycles. The Hall–Kier alpha value is -0.650. The van der Waals surface area contributed by atoms with Gasteiger partial charge in [-0.05, 0) is 38.1 Å². The highest BCUT2D eigenvalue weighted by Crippen LogP contribution is 2.28. The number of halogens is 1. The average Bonchev–Trinajstić information content (AvgIpc) is 3.12. The van der Waals surface area contributed by atoms with Crippen molar-refractivity contribution in [2.24, 2.45) is 13.0 Å². The zero-order valence-electron chi connectivity index (χ0n) is 11.6. The number of hydrogen-bond donors (Lipinski definition) is 1. The number of aromatic nitrogens is 3. The number of hydrogen-bond acceptors (Lipinski definition) is 4. The Morgan fingerprint density at radius 3 is 2.58 bits per heavy atom. The Labute approximate surface area is 121 Å². The van der Waals surface area contributed by atoms with E-state index in [1.54, 1.807) is 4.68 Å². The number of likely N-dealkylation sites (tertiary alicyclic amines) is 1. The summed E-state index contributed by atoms with van der Waals surface area (Å²) in [6.07, 6.45) is 7.44. The van der Waals surface area contributed by atoms with Crippen LogP contribution in [0.4, 0.5) is 0 Å². The van der Waals surface area contributed by atoms with Gasteiger partial charge in [0.05, 0.1) is 5.69 Å². The van der Waals surface area contributed by atoms with Gasteiger partial charge in [-0.3, -0.25) is 9.58 Å². The van der Waals surface area contributed by atoms with Crippen LogP contribution in [0.25, 0.3) is 0 Å². The molecule has 19 heavy (non-hydrogen) atoms. The van der Waals surface area contributed by atoms with Gasteiger partial charge in [0.1, 0.15) is 0 Å². The van der Waals surface area contributed by atoms with Gasteiger partial charge in [0.25, 0.3) is 0 Å². The van der Waals surface area contributed by atoms with E-state index in [0.29, 0.717) is 0 Å². The first-order valence-corrected chi connectivity index (χ1v) is 7.10. The van der Waals surface area contributed by atoms with Crippen molar-refractivity contribution in [3.63, 3.8) is 0 Å². The Kier molecular flexibility index (Phi) is 5.19. The largest absolute Gasteiger partial charge is 0.314 e. The summed E-state index contributed by atoms with van der Waals surface area (Å²) < 4.78 is 1.78. The van der Waals surface area contributed by atoms with Gasteiger partial charge in [-0.2, -0.15) is 0 Å². The van der Waals surface area contributed by atoms with E-state index in [1.807, 2.05) is 13.2 Å². The Balaban J connectivity index is 0.00000133. The van der Waals surface area contributed by atoms with Gasteiger partial charge in [-0.1, -0.05) is 5.21 Å². The van der Waals surface area contributed by atoms with Crippen molar-refractivity contribution >= 4 is 12.4 Å². The molecule has 1 aromatic rings. The van der Waals surface area contributed by atoms with Crippen LogP contribution < -0.4 is 5.32 Å². The fourth-order valence-electron chi connectivity index (χ4n) is 2.65. The molecule has 0 spiro atoms. The zero-order valence-corrected chi connectivity index (χ0v) is 12.4. The molecule has 1 aliphatic heterocycles. The van der Waals surface area contributed by atoms with Crippen LogP contribution in [-0.2, 0) is 13.6 Å². The van der Waals surface area contributed by atoms with Crippen LogP contribution in [-0.4, -0.2) is 45.6 Å². The molecule has 0 bridgehead atoms. The van der Waals surface area contributed by atoms with Gasteiger partial charge in [-0.15, -0.1) is 17.5 Å². The predicted molar refractivity (Wildman–Crippen MR) is 77.3 cm³/mol. The minimum Gasteiger partial charge on any atom is -0.314 e. The Bertz CT molecular complexity index is 382. The van der Waals surface area contributed by atoms with Gasteiger partial charge in [0.2, 0.25) is 0 Å². The monoisotopic (exact) mass is 285 g/mol. The van der Waals surface area contributed by atoms with Gasteiger partial charge >= 0.3 is 0 Å². The van der Waals surface area contributed by atoms with Gasteiger partial charge < -0.3 is 5.32 Å². The first-order chi connectivity index (χ1) is 8.79. The average molecular weight is 286 g/mol. The number of rotatable bonds is 5. The Morgan fingerprint density at radius 2 is 2.00 bits per heavy atom. The van der Waals surface area contributed by atoms with E-state index in [9.17, 15) is 0 Å². The maximum Gasteiger partial charge on any atom is 0.0966 e. The lowest BCUT2D eigenvalue weighted by molar-refractivity contribution is 0.188. The fourth-order valence-corrected chi connectivity index (χ4v) is 2.65. The summed E-state index contributed by atoms with van der Waals surface area (Å²) in [5, 5.41) is 11.8. The fraction of sp³-hybridized carbons (Fsp3) is 0.846. The molecule has 5 nitrogen and oxygen atoms in total. The van der Waals surface area contributed by atoms with Crippen molar-refractivity contribution < 1.29 is 0 Å². The third-order valence-corrected chi connectivity index (χ3v) is 4.02. The van der Waals surface area contributed by atoms with Crippen molar-refractivity contribution in [3.8, 4) is 0 Å². The second-order valence-electron chi connectivity index (χ2n) is 5.79. The number of aryl methyl sites for hydroxylation is 1. The van der Waals surface area contributed by atoms with Crippen LogP contribution >= 0.6 is 12.4 Å². The van der Waals surface area contributed by atoms with Crippen LogP contribution in [0.15, 0.2) is 6.20 Å². The SMILES string of the molecule is Cl.Cn1cc(CN2CCC(NCC3CC3)CC2)nn1. The molecule has 108 valence electrons. The van der Waals surface area contributed by atoms with E-state index in [2.05, 4.69) is 20.5 Å². The first kappa shape index (κ1) is 14.8. The lowest BCUT2D eigenvalue weighted by Crippen LogP contribution is -2.42. The van der Waals surface area contributed by atoms with Crippen molar-refractivity contribution in [3.05, 3.63) is 11.9 Å². The molecule has 6 heteroatoms. The second kappa shape index (κ2) is 6.68. The summed E-state index contributed by atoms with van der Waals surface area (Å²) in [5.41, 5.74) is 1.09. The molecule has 2 fully saturated rings. The standard InChI is InChI=1S/C13H23N5.ClH/c1-17-9-13(15-16-17)10-18-6-4-12(5-7-18)14-8-11-2-3-11;/h9,11-12,14H,2-8,10H2,1H3;1H. The van der Waals surface area contributed by atoms with Crippen LogP contribution in [0.3, 0.4) is 0 Å². The zero-order chi connectivity index (χ0) is 12.4. The smallest absolute Gasteiger partial charge is 0.0966 e. The lowest BCUT2D eigenvalue weighted by atomic mass is 10.0. The van der Waals surface area contributed by atoms with E-state index >= 15 is 0 Å². The summed E-state index contributed by atoms with van der Waals surface area (Å²) in [6, 6.07) is 0.740. The molecular formula is C13H24ClN5. The highest BCUT2D eigenvalue weighted by Gasteiger charge is 2.24. The van der Waals surface area contributed by atoms with Crippen molar-refractivity contribution in [2.75, 3.05) is 19.6 Å². The first-order valence-electron chi connectivity index (χ1n) is 7.10. The third kappa shape index (κ3) is 4.44. The van der Waals surface area contributed by atoms with Crippen LogP contribution in [0.2, 0.25) is 0 Å². The van der Waals surface area contributed by atoms with Crippen LogP contribution in [0.5, 0.6) is 0 Å². The summed E-state index contributed by atoms with van der Waals surface area (Å²) in [4.78, 5) is 2.49. The molecule has 0 aromatic carbocycles. The number of nitrogens with zero attached hydrogens (tertiary/aromatic N) is 4. The Morgan fingerprint density at radius 1 is 1.26 bits per heavy atom. The van der Waals surface area contributed by atoms with E-state index in [4.69, 9.17) is 0 Å². The molecule has 0 radical (unpaired) electrons. The topological polar surface area (TPSA) is 46.0 Å². The molecule has 0 amide bonds. The highest BCUT2D eigenvalue weighted by molar-refractivity contribution is 5.85. The van der Waals surface area contributed by atoms with Crippen molar-refractivity contribution in [1.82, 2.24) is 25.2 Å². The molecule has 1 saturated heterocycles. The molecule has 0 unspecified atom stereocenters. The van der Waals surface area contributed by atoms with E-state index < -0.39 is 0 Å². The molecule has 1 N–H and O–H groups in total. The molecule has 1 saturated carbocycles. The number of piperidine rings is 1. The van der Waals surface area contributed by atoms with Crippen molar-refractivity contribution in [1.29, 1.82) is 0 Å². The van der Waals surface area contributed by atoms with Crippen LogP contribution in [0, 0.1) is 5.92 Å². The van der Waals surface area contributed by atoms with Crippen molar-refractivity contribution in [2.45, 2.75) is 38.3 Å². The second-order valence-corrected chi connectivity index (χ2v) is 5.79. The molecule has 2 aliphatic rings. The van der Waals surface area contributed by atoms with E-state index in [-0.39, 0.29) is 12.4 Å². The third-order valence-electron chi connectivity index (χ3n) is 4.02. The number of nitrogens with one attached hydrogen (secondary N) is 1. The normalized spacial score (nSPS) is 21.3. The van der Waals surface area contributed by atoms with Crippen LogP contribution in [0.1, 0.15) is 31.4 Å². The minimum absolute atomic E-state index is 0. The molecule has 0 atom stereocenters. The summed E-state index contributed by atoms with van der Waals surface area (Å²) in [5.74, 6) is 0.989. The predicted octanol–water partition coefficient (Wildman–Crippen LogP) is 1.20. The quantitative estimate of drug-likeness (QED) is 0.883. The minimum atomic E-state index is 0. The maximum atomic E-state index is 4.15. The summed E-state index contributed by atoms with van der Waals surface area (Å²) >= 11 is 0. The summed E-state index contributed by atoms with van der Waals surface area (Å²) in [6.45, 7) is 4.55. The highest BCUT2D eigenvalue weighted by atomic mass is 35.5. The van der Waals surface area contributed by atoms with Gasteiger partial charge in [-0.25, -0.2) is 0 Å². The van der Waals surface area contributed by atoms with E-state index in [1.165, 1.54) is 45.3 Å². The molecule has 3 rings (SSSR count). The van der Waals surface area contributed by atoms with E-state index in [0.717, 1.165) is 24.2 Å². The molecule has 2 heterocycles. The molecule has 1 aliphatic carbocycles. The maximum absolute atomic E-state index is 4.15. The molecular weight excluding hydrogens is 262 g/mol. The lowest BCUT2D eigenvalue weighted by Gasteiger charge is -2.31. The summed E-state index contributed by atoms with van der Waals surface area (Å²) in [7, 11) is 1.92.